The fourth-order valence-electron chi connectivity index (χ4n) is 1.62. The molecular weight excluding hydrogens is 176 g/mol. The van der Waals surface area contributed by atoms with Crippen molar-refractivity contribution in [2.45, 2.75) is 0 Å². The maximum Gasteiger partial charge on any atom is 0.179 e. The minimum atomic E-state index is 0.818. The van der Waals surface area contributed by atoms with Crippen LogP contribution in [0.15, 0.2) is 24.5 Å². The summed E-state index contributed by atoms with van der Waals surface area (Å²) >= 11 is 0. The summed E-state index contributed by atoms with van der Waals surface area (Å²) in [4.78, 5) is 8.04. The summed E-state index contributed by atoms with van der Waals surface area (Å²) < 4.78 is 0. The van der Waals surface area contributed by atoms with E-state index in [1.165, 1.54) is 5.69 Å². The van der Waals surface area contributed by atoms with Crippen molar-refractivity contribution >= 4 is 5.69 Å². The molecule has 1 aromatic rings. The van der Waals surface area contributed by atoms with Crippen molar-refractivity contribution in [1.29, 1.82) is 5.26 Å². The molecule has 4 nitrogen and oxygen atoms in total. The highest BCUT2D eigenvalue weighted by Gasteiger charge is 2.15. The van der Waals surface area contributed by atoms with Crippen LogP contribution in [0.5, 0.6) is 0 Å². The van der Waals surface area contributed by atoms with Gasteiger partial charge in [-0.25, -0.2) is 0 Å². The van der Waals surface area contributed by atoms with Gasteiger partial charge in [-0.3, -0.25) is 4.98 Å². The van der Waals surface area contributed by atoms with Crippen LogP contribution in [-0.2, 0) is 0 Å². The summed E-state index contributed by atoms with van der Waals surface area (Å²) in [6.45, 7) is 3.47. The molecule has 0 amide bonds. The zero-order valence-corrected chi connectivity index (χ0v) is 7.93. The molecule has 1 fully saturated rings. The first-order valence-corrected chi connectivity index (χ1v) is 4.70. The molecule has 1 saturated heterocycles. The van der Waals surface area contributed by atoms with Crippen LogP contribution in [0.1, 0.15) is 0 Å². The Morgan fingerprint density at radius 3 is 2.36 bits per heavy atom. The van der Waals surface area contributed by atoms with Gasteiger partial charge in [0.25, 0.3) is 0 Å². The second-order valence-corrected chi connectivity index (χ2v) is 3.28. The molecular formula is C10H12N4. The minimum Gasteiger partial charge on any atom is -0.368 e. The average molecular weight is 188 g/mol. The summed E-state index contributed by atoms with van der Waals surface area (Å²) in [5, 5.41) is 8.70. The van der Waals surface area contributed by atoms with E-state index >= 15 is 0 Å². The number of aromatic nitrogens is 1. The lowest BCUT2D eigenvalue weighted by Crippen LogP contribution is -2.44. The van der Waals surface area contributed by atoms with Crippen LogP contribution in [0.4, 0.5) is 5.69 Å². The zero-order valence-electron chi connectivity index (χ0n) is 7.93. The SMILES string of the molecule is N#CN1CCN(c2ccncc2)CC1. The van der Waals surface area contributed by atoms with Gasteiger partial charge in [0.2, 0.25) is 0 Å². The Morgan fingerprint density at radius 2 is 1.79 bits per heavy atom. The van der Waals surface area contributed by atoms with Crippen molar-refractivity contribution in [3.63, 3.8) is 0 Å². The Hall–Kier alpha value is -1.76. The number of nitriles is 1. The van der Waals surface area contributed by atoms with Gasteiger partial charge in [-0.2, -0.15) is 5.26 Å². The van der Waals surface area contributed by atoms with Gasteiger partial charge in [0, 0.05) is 44.3 Å². The van der Waals surface area contributed by atoms with Crippen LogP contribution in [0, 0.1) is 11.5 Å². The molecule has 0 radical (unpaired) electrons. The standard InChI is InChI=1S/C10H12N4/c11-9-13-5-7-14(8-6-13)10-1-3-12-4-2-10/h1-4H,5-8H2. The smallest absolute Gasteiger partial charge is 0.179 e. The third-order valence-electron chi connectivity index (χ3n) is 2.45. The first-order chi connectivity index (χ1) is 6.90. The summed E-state index contributed by atoms with van der Waals surface area (Å²) in [7, 11) is 0. The normalized spacial score (nSPS) is 16.5. The van der Waals surface area contributed by atoms with Crippen LogP contribution in [0.2, 0.25) is 0 Å². The first kappa shape index (κ1) is 8.82. The molecule has 0 aromatic carbocycles. The van der Waals surface area contributed by atoms with Crippen LogP contribution in [0.25, 0.3) is 0 Å². The molecule has 0 unspecified atom stereocenters. The molecule has 1 aliphatic rings. The number of pyridine rings is 1. The van der Waals surface area contributed by atoms with Crippen LogP contribution in [-0.4, -0.2) is 36.1 Å². The number of rotatable bonds is 1. The largest absolute Gasteiger partial charge is 0.368 e. The van der Waals surface area contributed by atoms with Crippen LogP contribution in [0.3, 0.4) is 0 Å². The van der Waals surface area contributed by atoms with E-state index in [2.05, 4.69) is 16.1 Å². The van der Waals surface area contributed by atoms with Gasteiger partial charge in [0.05, 0.1) is 0 Å². The van der Waals surface area contributed by atoms with Crippen LogP contribution < -0.4 is 4.90 Å². The van der Waals surface area contributed by atoms with E-state index in [1.807, 2.05) is 12.1 Å². The van der Waals surface area contributed by atoms with E-state index in [1.54, 1.807) is 17.3 Å². The summed E-state index contributed by atoms with van der Waals surface area (Å²) in [6.07, 6.45) is 5.77. The molecule has 72 valence electrons. The van der Waals surface area contributed by atoms with E-state index in [0.29, 0.717) is 0 Å². The number of hydrogen-bond donors (Lipinski definition) is 0. The quantitative estimate of drug-likeness (QED) is 0.608. The summed E-state index contributed by atoms with van der Waals surface area (Å²) in [5.41, 5.74) is 1.19. The van der Waals surface area contributed by atoms with Crippen molar-refractivity contribution < 1.29 is 0 Å². The Bertz CT molecular complexity index is 322. The molecule has 4 heteroatoms. The lowest BCUT2D eigenvalue weighted by Gasteiger charge is -2.33. The topological polar surface area (TPSA) is 43.2 Å². The van der Waals surface area contributed by atoms with E-state index in [0.717, 1.165) is 26.2 Å². The van der Waals surface area contributed by atoms with Gasteiger partial charge in [0.15, 0.2) is 6.19 Å². The fraction of sp³-hybridized carbons (Fsp3) is 0.400. The Balaban J connectivity index is 2.00. The van der Waals surface area contributed by atoms with Crippen molar-refractivity contribution in [3.05, 3.63) is 24.5 Å². The number of nitrogens with zero attached hydrogens (tertiary/aromatic N) is 4. The molecule has 2 heterocycles. The van der Waals surface area contributed by atoms with Gasteiger partial charge < -0.3 is 9.80 Å². The second kappa shape index (κ2) is 3.97. The molecule has 0 saturated carbocycles. The van der Waals surface area contributed by atoms with E-state index < -0.39 is 0 Å². The van der Waals surface area contributed by atoms with Gasteiger partial charge in [-0.15, -0.1) is 0 Å². The van der Waals surface area contributed by atoms with Gasteiger partial charge in [-0.1, -0.05) is 0 Å². The number of hydrogen-bond acceptors (Lipinski definition) is 4. The van der Waals surface area contributed by atoms with Gasteiger partial charge in [-0.05, 0) is 12.1 Å². The van der Waals surface area contributed by atoms with E-state index in [-0.39, 0.29) is 0 Å². The Morgan fingerprint density at radius 1 is 1.14 bits per heavy atom. The molecule has 2 rings (SSSR count). The maximum absolute atomic E-state index is 8.70. The third kappa shape index (κ3) is 1.77. The molecule has 1 aliphatic heterocycles. The molecule has 14 heavy (non-hydrogen) atoms. The summed E-state index contributed by atoms with van der Waals surface area (Å²) in [6, 6.07) is 4.00. The molecule has 1 aromatic heterocycles. The van der Waals surface area contributed by atoms with E-state index in [4.69, 9.17) is 5.26 Å². The highest BCUT2D eigenvalue weighted by molar-refractivity contribution is 5.45. The number of anilines is 1. The highest BCUT2D eigenvalue weighted by atomic mass is 15.3. The lowest BCUT2D eigenvalue weighted by atomic mass is 10.3. The minimum absolute atomic E-state index is 0.818. The molecule has 0 atom stereocenters. The predicted molar refractivity (Wildman–Crippen MR) is 53.6 cm³/mol. The van der Waals surface area contributed by atoms with Crippen molar-refractivity contribution in [3.8, 4) is 6.19 Å². The molecule has 0 N–H and O–H groups in total. The van der Waals surface area contributed by atoms with Crippen molar-refractivity contribution in [1.82, 2.24) is 9.88 Å². The number of piperazine rings is 1. The highest BCUT2D eigenvalue weighted by Crippen LogP contribution is 2.13. The maximum atomic E-state index is 8.70. The monoisotopic (exact) mass is 188 g/mol. The second-order valence-electron chi connectivity index (χ2n) is 3.28. The van der Waals surface area contributed by atoms with Crippen molar-refractivity contribution in [2.24, 2.45) is 0 Å². The zero-order chi connectivity index (χ0) is 9.80. The lowest BCUT2D eigenvalue weighted by molar-refractivity contribution is 0.363. The molecule has 0 aliphatic carbocycles. The van der Waals surface area contributed by atoms with Gasteiger partial charge in [0.1, 0.15) is 0 Å². The van der Waals surface area contributed by atoms with Crippen LogP contribution >= 0.6 is 0 Å². The Labute approximate surface area is 83.4 Å². The molecule has 0 bridgehead atoms. The van der Waals surface area contributed by atoms with Crippen molar-refractivity contribution in [2.75, 3.05) is 31.1 Å². The van der Waals surface area contributed by atoms with Gasteiger partial charge >= 0.3 is 0 Å². The average Bonchev–Trinajstić information content (AvgIpc) is 2.30. The summed E-state index contributed by atoms with van der Waals surface area (Å²) in [5.74, 6) is 0. The molecule has 0 spiro atoms. The van der Waals surface area contributed by atoms with E-state index in [9.17, 15) is 0 Å². The predicted octanol–water partition coefficient (Wildman–Crippen LogP) is 0.685. The fourth-order valence-corrected chi connectivity index (χ4v) is 1.62. The first-order valence-electron chi connectivity index (χ1n) is 4.70. The Kier molecular flexibility index (Phi) is 2.50. The third-order valence-corrected chi connectivity index (χ3v) is 2.45.